The highest BCUT2D eigenvalue weighted by molar-refractivity contribution is 6.32. The summed E-state index contributed by atoms with van der Waals surface area (Å²) in [6, 6.07) is 10.6. The van der Waals surface area contributed by atoms with Crippen LogP contribution < -0.4 is 11.1 Å². The maximum absolute atomic E-state index is 13.6. The third-order valence-corrected chi connectivity index (χ3v) is 3.18. The summed E-state index contributed by atoms with van der Waals surface area (Å²) in [5.41, 5.74) is 5.80. The molecule has 22 heavy (non-hydrogen) atoms. The van der Waals surface area contributed by atoms with Crippen molar-refractivity contribution in [1.29, 1.82) is 0 Å². The molecule has 0 bridgehead atoms. The van der Waals surface area contributed by atoms with Crippen LogP contribution in [0.2, 0.25) is 5.02 Å². The molecule has 0 aliphatic carbocycles. The smallest absolute Gasteiger partial charge is 0.250 e. The quantitative estimate of drug-likeness (QED) is 0.849. The van der Waals surface area contributed by atoms with Crippen molar-refractivity contribution in [2.75, 3.05) is 5.32 Å². The van der Waals surface area contributed by atoms with Gasteiger partial charge in [-0.05, 0) is 30.3 Å². The minimum absolute atomic E-state index is 0.113. The predicted molar refractivity (Wildman–Crippen MR) is 84.0 cm³/mol. The van der Waals surface area contributed by atoms with Gasteiger partial charge in [0, 0.05) is 11.6 Å². The number of halogens is 2. The largest absolute Gasteiger partial charge is 0.366 e. The number of anilines is 1. The Bertz CT molecular complexity index is 739. The van der Waals surface area contributed by atoms with Gasteiger partial charge in [0.05, 0.1) is 16.3 Å². The first kappa shape index (κ1) is 15.7. The van der Waals surface area contributed by atoms with E-state index < -0.39 is 17.6 Å². The maximum Gasteiger partial charge on any atom is 0.250 e. The zero-order valence-electron chi connectivity index (χ0n) is 11.3. The molecule has 0 saturated heterocycles. The molecule has 0 aromatic heterocycles. The molecule has 4 nitrogen and oxygen atoms in total. The van der Waals surface area contributed by atoms with E-state index in [4.69, 9.17) is 17.3 Å². The first-order valence-electron chi connectivity index (χ1n) is 6.31. The van der Waals surface area contributed by atoms with E-state index in [-0.39, 0.29) is 21.8 Å². The number of hydrogen-bond acceptors (Lipinski definition) is 2. The molecule has 0 radical (unpaired) electrons. The van der Waals surface area contributed by atoms with Crippen molar-refractivity contribution >= 4 is 35.2 Å². The second-order valence-corrected chi connectivity index (χ2v) is 4.77. The molecule has 6 heteroatoms. The van der Waals surface area contributed by atoms with Crippen LogP contribution in [-0.2, 0) is 4.79 Å². The zero-order chi connectivity index (χ0) is 16.1. The number of carbonyl (C=O) groups excluding carboxylic acids is 2. The van der Waals surface area contributed by atoms with E-state index in [0.717, 1.165) is 6.08 Å². The average molecular weight is 319 g/mol. The lowest BCUT2D eigenvalue weighted by molar-refractivity contribution is -0.111. The Labute approximate surface area is 131 Å². The summed E-state index contributed by atoms with van der Waals surface area (Å²) in [7, 11) is 0. The molecule has 112 valence electrons. The normalized spacial score (nSPS) is 10.6. The molecule has 2 rings (SSSR count). The first-order chi connectivity index (χ1) is 10.5. The molecule has 0 saturated carbocycles. The number of benzene rings is 2. The van der Waals surface area contributed by atoms with Crippen molar-refractivity contribution < 1.29 is 14.0 Å². The molecular weight excluding hydrogens is 307 g/mol. The Kier molecular flexibility index (Phi) is 4.91. The molecule has 0 atom stereocenters. The van der Waals surface area contributed by atoms with E-state index in [2.05, 4.69) is 5.32 Å². The predicted octanol–water partition coefficient (Wildman–Crippen LogP) is 3.23. The average Bonchev–Trinajstić information content (AvgIpc) is 2.47. The van der Waals surface area contributed by atoms with Crippen LogP contribution in [0, 0.1) is 5.82 Å². The van der Waals surface area contributed by atoms with Gasteiger partial charge in [-0.1, -0.05) is 29.8 Å². The molecular formula is C16H12ClFN2O2. The van der Waals surface area contributed by atoms with Crippen LogP contribution in [0.1, 0.15) is 15.9 Å². The molecule has 0 fully saturated rings. The minimum Gasteiger partial charge on any atom is -0.366 e. The van der Waals surface area contributed by atoms with Gasteiger partial charge in [0.2, 0.25) is 5.91 Å². The van der Waals surface area contributed by atoms with E-state index in [9.17, 15) is 14.0 Å². The number of nitrogens with two attached hydrogens (primary N) is 1. The van der Waals surface area contributed by atoms with Crippen molar-refractivity contribution in [2.45, 2.75) is 0 Å². The summed E-state index contributed by atoms with van der Waals surface area (Å²) in [5, 5.41) is 2.70. The summed E-state index contributed by atoms with van der Waals surface area (Å²) in [6.07, 6.45) is 2.39. The first-order valence-corrected chi connectivity index (χ1v) is 6.68. The van der Waals surface area contributed by atoms with Crippen LogP contribution >= 0.6 is 11.6 Å². The summed E-state index contributed by atoms with van der Waals surface area (Å²) >= 11 is 5.86. The fourth-order valence-corrected chi connectivity index (χ4v) is 2.04. The van der Waals surface area contributed by atoms with Crippen LogP contribution in [0.25, 0.3) is 6.08 Å². The van der Waals surface area contributed by atoms with Crippen molar-refractivity contribution in [3.05, 3.63) is 70.5 Å². The van der Waals surface area contributed by atoms with Crippen LogP contribution in [0.5, 0.6) is 0 Å². The zero-order valence-corrected chi connectivity index (χ0v) is 12.1. The van der Waals surface area contributed by atoms with Crippen molar-refractivity contribution in [3.8, 4) is 0 Å². The fourth-order valence-electron chi connectivity index (χ4n) is 1.81. The lowest BCUT2D eigenvalue weighted by Gasteiger charge is -2.06. The van der Waals surface area contributed by atoms with Crippen molar-refractivity contribution in [1.82, 2.24) is 0 Å². The molecule has 0 heterocycles. The van der Waals surface area contributed by atoms with E-state index in [1.165, 1.54) is 30.3 Å². The second-order valence-electron chi connectivity index (χ2n) is 4.37. The highest BCUT2D eigenvalue weighted by Crippen LogP contribution is 2.20. The number of para-hydroxylation sites is 1. The van der Waals surface area contributed by atoms with E-state index >= 15 is 0 Å². The lowest BCUT2D eigenvalue weighted by Crippen LogP contribution is -2.16. The number of rotatable bonds is 4. The Morgan fingerprint density at radius 3 is 2.55 bits per heavy atom. The Hall–Kier alpha value is -2.66. The summed E-state index contributed by atoms with van der Waals surface area (Å²) in [6.45, 7) is 0. The van der Waals surface area contributed by atoms with E-state index in [1.54, 1.807) is 18.2 Å². The van der Waals surface area contributed by atoms with Crippen LogP contribution in [0.3, 0.4) is 0 Å². The SMILES string of the molecule is NC(=O)c1ccccc1NC(=O)C=Cc1c(F)cccc1Cl. The lowest BCUT2D eigenvalue weighted by atomic mass is 10.1. The molecule has 0 unspecified atom stereocenters. The van der Waals surface area contributed by atoms with Gasteiger partial charge >= 0.3 is 0 Å². The number of primary amides is 1. The summed E-state index contributed by atoms with van der Waals surface area (Å²) in [5.74, 6) is -1.72. The molecule has 3 N–H and O–H groups in total. The molecule has 2 amide bonds. The van der Waals surface area contributed by atoms with E-state index in [0.29, 0.717) is 0 Å². The maximum atomic E-state index is 13.6. The number of carbonyl (C=O) groups is 2. The Morgan fingerprint density at radius 1 is 1.14 bits per heavy atom. The monoisotopic (exact) mass is 318 g/mol. The van der Waals surface area contributed by atoms with Gasteiger partial charge in [-0.3, -0.25) is 9.59 Å². The van der Waals surface area contributed by atoms with Gasteiger partial charge in [-0.15, -0.1) is 0 Å². The van der Waals surface area contributed by atoms with Gasteiger partial charge in [-0.25, -0.2) is 4.39 Å². The molecule has 0 spiro atoms. The standard InChI is InChI=1S/C16H12ClFN2O2/c17-12-5-3-6-13(18)10(12)8-9-15(21)20-14-7-2-1-4-11(14)16(19)22/h1-9H,(H2,19,22)(H,20,21). The van der Waals surface area contributed by atoms with Gasteiger partial charge in [0.15, 0.2) is 0 Å². The highest BCUT2D eigenvalue weighted by Gasteiger charge is 2.09. The molecule has 0 aliphatic heterocycles. The topological polar surface area (TPSA) is 72.2 Å². The number of amides is 2. The van der Waals surface area contributed by atoms with Crippen molar-refractivity contribution in [2.24, 2.45) is 5.73 Å². The number of hydrogen-bond donors (Lipinski definition) is 2. The fraction of sp³-hybridized carbons (Fsp3) is 0. The third-order valence-electron chi connectivity index (χ3n) is 2.85. The molecule has 2 aromatic carbocycles. The summed E-state index contributed by atoms with van der Waals surface area (Å²) in [4.78, 5) is 23.1. The molecule has 0 aliphatic rings. The summed E-state index contributed by atoms with van der Waals surface area (Å²) < 4.78 is 13.6. The van der Waals surface area contributed by atoms with Gasteiger partial charge in [0.1, 0.15) is 5.82 Å². The van der Waals surface area contributed by atoms with Gasteiger partial charge in [0.25, 0.3) is 5.91 Å². The van der Waals surface area contributed by atoms with Crippen LogP contribution in [-0.4, -0.2) is 11.8 Å². The Morgan fingerprint density at radius 2 is 1.86 bits per heavy atom. The van der Waals surface area contributed by atoms with Gasteiger partial charge in [-0.2, -0.15) is 0 Å². The third kappa shape index (κ3) is 3.71. The molecule has 2 aromatic rings. The number of nitrogens with one attached hydrogen (secondary N) is 1. The Balaban J connectivity index is 2.17. The van der Waals surface area contributed by atoms with E-state index in [1.807, 2.05) is 0 Å². The van der Waals surface area contributed by atoms with Gasteiger partial charge < -0.3 is 11.1 Å². The minimum atomic E-state index is -0.656. The van der Waals surface area contributed by atoms with Crippen LogP contribution in [0.4, 0.5) is 10.1 Å². The second kappa shape index (κ2) is 6.87. The van der Waals surface area contributed by atoms with Crippen LogP contribution in [0.15, 0.2) is 48.5 Å². The highest BCUT2D eigenvalue weighted by atomic mass is 35.5. The van der Waals surface area contributed by atoms with Crippen molar-refractivity contribution in [3.63, 3.8) is 0 Å².